The second kappa shape index (κ2) is 14.9. The predicted octanol–water partition coefficient (Wildman–Crippen LogP) is -2.33. The van der Waals surface area contributed by atoms with Crippen molar-refractivity contribution in [3.8, 4) is 0 Å². The van der Waals surface area contributed by atoms with Gasteiger partial charge in [0.1, 0.15) is 29.9 Å². The van der Waals surface area contributed by atoms with Gasteiger partial charge in [-0.25, -0.2) is 8.42 Å². The van der Waals surface area contributed by atoms with Crippen LogP contribution in [0.15, 0.2) is 0 Å². The summed E-state index contributed by atoms with van der Waals surface area (Å²) in [7, 11) is -5.13. The van der Waals surface area contributed by atoms with Crippen LogP contribution in [0.2, 0.25) is 0 Å². The molecule has 1 fully saturated rings. The largest absolute Gasteiger partial charge is 1.00 e. The van der Waals surface area contributed by atoms with Crippen LogP contribution in [0.1, 0.15) is 58.3 Å². The average Bonchev–Trinajstić information content (AvgIpc) is 2.73. The van der Waals surface area contributed by atoms with Crippen molar-refractivity contribution in [2.75, 3.05) is 26.4 Å². The van der Waals surface area contributed by atoms with Crippen LogP contribution in [0.4, 0.5) is 0 Å². The van der Waals surface area contributed by atoms with Gasteiger partial charge in [0, 0.05) is 6.42 Å². The van der Waals surface area contributed by atoms with E-state index in [4.69, 9.17) is 14.2 Å². The Morgan fingerprint density at radius 2 is 1.77 bits per heavy atom. The number of esters is 3. The van der Waals surface area contributed by atoms with E-state index in [0.717, 1.165) is 32.1 Å². The molecule has 0 aromatic heterocycles. The van der Waals surface area contributed by atoms with Crippen LogP contribution in [0.3, 0.4) is 0 Å². The number of cyclic esters (lactones) is 2. The second-order valence-electron chi connectivity index (χ2n) is 7.29. The van der Waals surface area contributed by atoms with Gasteiger partial charge in [0.25, 0.3) is 0 Å². The van der Waals surface area contributed by atoms with Gasteiger partial charge in [-0.2, -0.15) is 0 Å². The Labute approximate surface area is 219 Å². The van der Waals surface area contributed by atoms with E-state index in [0.29, 0.717) is 6.42 Å². The summed E-state index contributed by atoms with van der Waals surface area (Å²) < 4.78 is 48.4. The van der Waals surface area contributed by atoms with Gasteiger partial charge in [-0.15, -0.1) is 0 Å². The van der Waals surface area contributed by atoms with Gasteiger partial charge >= 0.3 is 69.3 Å². The topological polar surface area (TPSA) is 156 Å². The first kappa shape index (κ1) is 29.9. The third kappa shape index (κ3) is 11.0. The molecule has 0 bridgehead atoms. The average molecular weight is 477 g/mol. The Bertz CT molecular complexity index is 666. The molecule has 12 heteroatoms. The molecule has 168 valence electrons. The minimum atomic E-state index is -5.13. The molecule has 30 heavy (non-hydrogen) atoms. The first-order valence-corrected chi connectivity index (χ1v) is 11.1. The van der Waals surface area contributed by atoms with Gasteiger partial charge in [0.15, 0.2) is 5.25 Å². The second-order valence-corrected chi connectivity index (χ2v) is 8.85. The van der Waals surface area contributed by atoms with Crippen molar-refractivity contribution < 1.29 is 98.1 Å². The molecule has 1 saturated heterocycles. The minimum Gasteiger partial charge on any atom is -0.747 e. The van der Waals surface area contributed by atoms with E-state index in [9.17, 15) is 32.5 Å². The van der Waals surface area contributed by atoms with E-state index in [-0.39, 0.29) is 57.8 Å². The van der Waals surface area contributed by atoms with E-state index in [1.54, 1.807) is 0 Å². The minimum absolute atomic E-state index is 0. The zero-order valence-corrected chi connectivity index (χ0v) is 21.5. The van der Waals surface area contributed by atoms with Gasteiger partial charge in [0.05, 0.1) is 18.4 Å². The fourth-order valence-electron chi connectivity index (χ4n) is 2.68. The molecule has 0 saturated carbocycles. The van der Waals surface area contributed by atoms with Crippen LogP contribution in [-0.4, -0.2) is 67.7 Å². The van der Waals surface area contributed by atoms with Crippen molar-refractivity contribution in [3.05, 3.63) is 0 Å². The zero-order chi connectivity index (χ0) is 21.9. The fraction of sp³-hybridized carbons (Fsp3) is 0.833. The Morgan fingerprint density at radius 3 is 2.37 bits per heavy atom. The number of rotatable bonds is 11. The summed E-state index contributed by atoms with van der Waals surface area (Å²) >= 11 is 0. The molecule has 0 aromatic carbocycles. The third-order valence-corrected chi connectivity index (χ3v) is 5.69. The molecule has 0 aliphatic carbocycles. The third-order valence-electron chi connectivity index (χ3n) is 4.63. The standard InChI is InChI=1S/C18H30O10S.K/c1-2-3-4-5-6-7-8-15(20)26-11-18(10-19)12-27-16(21)9-14(29(23,24)25)17(22)28-13-18;/h14,19H,2-13H2,1H3,(H,23,24,25);/q;+1/p-1. The normalized spacial score (nSPS) is 22.6. The van der Waals surface area contributed by atoms with Gasteiger partial charge in [0.2, 0.25) is 0 Å². The summed E-state index contributed by atoms with van der Waals surface area (Å²) in [5.41, 5.74) is -1.44. The summed E-state index contributed by atoms with van der Waals surface area (Å²) in [6.45, 7) is 0.0117. The summed E-state index contributed by atoms with van der Waals surface area (Å²) in [5, 5.41) is 7.48. The maximum Gasteiger partial charge on any atom is 1.00 e. The molecular formula is C18H29KO10S. The number of aliphatic hydroxyl groups excluding tert-OH is 1. The van der Waals surface area contributed by atoms with E-state index in [2.05, 4.69) is 6.92 Å². The Balaban J connectivity index is 0.00000841. The molecule has 1 rings (SSSR count). The van der Waals surface area contributed by atoms with Crippen molar-refractivity contribution in [2.45, 2.75) is 63.5 Å². The monoisotopic (exact) mass is 476 g/mol. The molecule has 0 radical (unpaired) electrons. The van der Waals surface area contributed by atoms with E-state index < -0.39 is 71.5 Å². The van der Waals surface area contributed by atoms with E-state index >= 15 is 0 Å². The van der Waals surface area contributed by atoms with Gasteiger partial charge in [-0.3, -0.25) is 14.4 Å². The summed E-state index contributed by atoms with van der Waals surface area (Å²) in [4.78, 5) is 35.6. The summed E-state index contributed by atoms with van der Waals surface area (Å²) in [6.07, 6.45) is 5.15. The molecule has 1 aliphatic rings. The number of carbonyl (C=O) groups excluding carboxylic acids is 3. The van der Waals surface area contributed by atoms with Crippen LogP contribution in [-0.2, 0) is 38.7 Å². The molecular weight excluding hydrogens is 447 g/mol. The number of ether oxygens (including phenoxy) is 3. The van der Waals surface area contributed by atoms with Crippen LogP contribution < -0.4 is 51.4 Å². The first-order chi connectivity index (χ1) is 13.6. The number of aliphatic hydroxyl groups is 1. The van der Waals surface area contributed by atoms with E-state index in [1.165, 1.54) is 0 Å². The number of unbranched alkanes of at least 4 members (excludes halogenated alkanes) is 5. The molecule has 0 amide bonds. The Hall–Kier alpha value is -0.0836. The Morgan fingerprint density at radius 1 is 1.17 bits per heavy atom. The van der Waals surface area contributed by atoms with Crippen molar-refractivity contribution in [3.63, 3.8) is 0 Å². The maximum absolute atomic E-state index is 11.9. The quantitative estimate of drug-likeness (QED) is 0.113. The molecule has 1 N–H and O–H groups in total. The molecule has 2 unspecified atom stereocenters. The number of hydrogen-bond acceptors (Lipinski definition) is 10. The van der Waals surface area contributed by atoms with Gasteiger partial charge < -0.3 is 23.9 Å². The van der Waals surface area contributed by atoms with Crippen molar-refractivity contribution in [1.82, 2.24) is 0 Å². The Kier molecular flexibility index (Phi) is 14.8. The predicted molar refractivity (Wildman–Crippen MR) is 98.5 cm³/mol. The first-order valence-electron chi connectivity index (χ1n) is 9.67. The molecule has 10 nitrogen and oxygen atoms in total. The molecule has 0 aromatic rings. The van der Waals surface area contributed by atoms with Gasteiger partial charge in [-0.1, -0.05) is 39.0 Å². The fourth-order valence-corrected chi connectivity index (χ4v) is 3.33. The van der Waals surface area contributed by atoms with Gasteiger partial charge in [-0.05, 0) is 6.42 Å². The summed E-state index contributed by atoms with van der Waals surface area (Å²) in [5.74, 6) is -3.02. The molecule has 0 spiro atoms. The molecule has 1 heterocycles. The SMILES string of the molecule is CCCCCCCCC(=O)OCC1(CO)COC(=O)CC(S(=O)(=O)[O-])C(=O)OC1.[K+]. The van der Waals surface area contributed by atoms with Crippen LogP contribution in [0, 0.1) is 5.41 Å². The van der Waals surface area contributed by atoms with E-state index in [1.807, 2.05) is 0 Å². The summed E-state index contributed by atoms with van der Waals surface area (Å²) in [6, 6.07) is 0. The van der Waals surface area contributed by atoms with Crippen molar-refractivity contribution in [1.29, 1.82) is 0 Å². The molecule has 2 atom stereocenters. The number of hydrogen-bond donors (Lipinski definition) is 1. The zero-order valence-electron chi connectivity index (χ0n) is 17.6. The van der Waals surface area contributed by atoms with Crippen LogP contribution in [0.5, 0.6) is 0 Å². The number of carbonyl (C=O) groups is 3. The maximum atomic E-state index is 11.9. The smallest absolute Gasteiger partial charge is 0.747 e. The van der Waals surface area contributed by atoms with Crippen molar-refractivity contribution >= 4 is 28.0 Å². The van der Waals surface area contributed by atoms with Crippen LogP contribution in [0.25, 0.3) is 0 Å². The van der Waals surface area contributed by atoms with Crippen molar-refractivity contribution in [2.24, 2.45) is 5.41 Å². The molecule has 1 aliphatic heterocycles. The van der Waals surface area contributed by atoms with Crippen LogP contribution >= 0.6 is 0 Å².